The number of fused-ring (bicyclic) bond motifs is 1. The van der Waals surface area contributed by atoms with E-state index in [1.807, 2.05) is 6.08 Å². The molecule has 1 aromatic carbocycles. The zero-order chi connectivity index (χ0) is 10.1. The second-order valence-electron chi connectivity index (χ2n) is 3.59. The highest BCUT2D eigenvalue weighted by molar-refractivity contribution is 6.49. The van der Waals surface area contributed by atoms with E-state index in [9.17, 15) is 0 Å². The first kappa shape index (κ1) is 9.54. The molecule has 0 unspecified atom stereocenters. The molecule has 0 saturated heterocycles. The SMILES string of the molecule is C=C1CC=C(Cl)c2cc(CC)ccc21. The predicted octanol–water partition coefficient (Wildman–Crippen LogP) is 4.25. The molecule has 72 valence electrons. The molecule has 0 spiro atoms. The number of benzene rings is 1. The number of aryl methyl sites for hydroxylation is 1. The Balaban J connectivity index is 2.59. The maximum Gasteiger partial charge on any atom is 0.0448 e. The highest BCUT2D eigenvalue weighted by Gasteiger charge is 2.13. The minimum Gasteiger partial charge on any atom is -0.0949 e. The van der Waals surface area contributed by atoms with Crippen molar-refractivity contribution in [2.24, 2.45) is 0 Å². The summed E-state index contributed by atoms with van der Waals surface area (Å²) in [6.07, 6.45) is 3.95. The standard InChI is InChI=1S/C13H13Cl/c1-3-10-5-6-11-9(2)4-7-13(14)12(11)8-10/h5-8H,2-4H2,1H3. The fourth-order valence-electron chi connectivity index (χ4n) is 1.75. The van der Waals surface area contributed by atoms with Crippen LogP contribution in [0.5, 0.6) is 0 Å². The molecule has 0 heterocycles. The lowest BCUT2D eigenvalue weighted by atomic mass is 9.91. The predicted molar refractivity (Wildman–Crippen MR) is 63.3 cm³/mol. The number of hydrogen-bond acceptors (Lipinski definition) is 0. The summed E-state index contributed by atoms with van der Waals surface area (Å²) in [5.74, 6) is 0. The second-order valence-corrected chi connectivity index (χ2v) is 4.00. The van der Waals surface area contributed by atoms with Gasteiger partial charge < -0.3 is 0 Å². The third-order valence-electron chi connectivity index (χ3n) is 2.66. The molecule has 1 aromatic rings. The van der Waals surface area contributed by atoms with E-state index in [4.69, 9.17) is 11.6 Å². The van der Waals surface area contributed by atoms with Crippen molar-refractivity contribution in [2.75, 3.05) is 0 Å². The second kappa shape index (κ2) is 3.62. The van der Waals surface area contributed by atoms with Crippen LogP contribution in [-0.2, 0) is 6.42 Å². The topological polar surface area (TPSA) is 0 Å². The number of allylic oxidation sites excluding steroid dienone is 2. The minimum atomic E-state index is 0.864. The molecule has 0 amide bonds. The van der Waals surface area contributed by atoms with Crippen molar-refractivity contribution in [1.29, 1.82) is 0 Å². The molecule has 0 aromatic heterocycles. The average Bonchev–Trinajstić information content (AvgIpc) is 2.23. The summed E-state index contributed by atoms with van der Waals surface area (Å²) in [5, 5.41) is 0.864. The zero-order valence-electron chi connectivity index (χ0n) is 8.31. The van der Waals surface area contributed by atoms with E-state index in [2.05, 4.69) is 31.7 Å². The first-order chi connectivity index (χ1) is 6.72. The highest BCUT2D eigenvalue weighted by Crippen LogP contribution is 2.35. The molecule has 0 radical (unpaired) electrons. The first-order valence-electron chi connectivity index (χ1n) is 4.89. The van der Waals surface area contributed by atoms with Crippen LogP contribution in [0.25, 0.3) is 10.6 Å². The number of rotatable bonds is 1. The summed E-state index contributed by atoms with van der Waals surface area (Å²) in [6, 6.07) is 6.45. The molecule has 1 heteroatoms. The number of hydrogen-bond donors (Lipinski definition) is 0. The Morgan fingerprint density at radius 3 is 2.86 bits per heavy atom. The van der Waals surface area contributed by atoms with Crippen molar-refractivity contribution in [3.63, 3.8) is 0 Å². The van der Waals surface area contributed by atoms with Gasteiger partial charge in [-0.3, -0.25) is 0 Å². The lowest BCUT2D eigenvalue weighted by Gasteiger charge is -2.16. The Morgan fingerprint density at radius 1 is 1.36 bits per heavy atom. The molecule has 0 aliphatic heterocycles. The van der Waals surface area contributed by atoms with Crippen LogP contribution in [0.15, 0.2) is 30.9 Å². The summed E-state index contributed by atoms with van der Waals surface area (Å²) in [5.41, 5.74) is 4.83. The van der Waals surface area contributed by atoms with Crippen molar-refractivity contribution in [1.82, 2.24) is 0 Å². The van der Waals surface area contributed by atoms with E-state index < -0.39 is 0 Å². The molecule has 0 N–H and O–H groups in total. The largest absolute Gasteiger partial charge is 0.0949 e. The molecule has 0 atom stereocenters. The molecule has 0 saturated carbocycles. The van der Waals surface area contributed by atoms with E-state index in [0.29, 0.717) is 0 Å². The van der Waals surface area contributed by atoms with Crippen LogP contribution in [0, 0.1) is 0 Å². The van der Waals surface area contributed by atoms with Gasteiger partial charge in [0.15, 0.2) is 0 Å². The van der Waals surface area contributed by atoms with Crippen LogP contribution in [0.3, 0.4) is 0 Å². The Bertz CT molecular complexity index is 413. The fraction of sp³-hybridized carbons (Fsp3) is 0.231. The molecule has 1 aliphatic rings. The molecule has 0 fully saturated rings. The highest BCUT2D eigenvalue weighted by atomic mass is 35.5. The van der Waals surface area contributed by atoms with Gasteiger partial charge in [0.25, 0.3) is 0 Å². The maximum atomic E-state index is 6.16. The van der Waals surface area contributed by atoms with Gasteiger partial charge in [0.1, 0.15) is 0 Å². The Kier molecular flexibility index (Phi) is 2.47. The Labute approximate surface area is 89.9 Å². The van der Waals surface area contributed by atoms with Crippen molar-refractivity contribution < 1.29 is 0 Å². The van der Waals surface area contributed by atoms with Crippen molar-refractivity contribution in [3.05, 3.63) is 47.5 Å². The molecular formula is C13H13Cl. The van der Waals surface area contributed by atoms with Crippen LogP contribution in [0.4, 0.5) is 0 Å². The van der Waals surface area contributed by atoms with Gasteiger partial charge in [0.05, 0.1) is 0 Å². The monoisotopic (exact) mass is 204 g/mol. The van der Waals surface area contributed by atoms with Gasteiger partial charge in [-0.15, -0.1) is 0 Å². The van der Waals surface area contributed by atoms with Crippen LogP contribution < -0.4 is 0 Å². The van der Waals surface area contributed by atoms with E-state index in [1.54, 1.807) is 0 Å². The van der Waals surface area contributed by atoms with Gasteiger partial charge >= 0.3 is 0 Å². The van der Waals surface area contributed by atoms with E-state index in [0.717, 1.165) is 29.0 Å². The fourth-order valence-corrected chi connectivity index (χ4v) is 1.98. The molecule has 2 rings (SSSR count). The van der Waals surface area contributed by atoms with Gasteiger partial charge in [-0.25, -0.2) is 0 Å². The van der Waals surface area contributed by atoms with Gasteiger partial charge in [0.2, 0.25) is 0 Å². The molecular weight excluding hydrogens is 192 g/mol. The summed E-state index contributed by atoms with van der Waals surface area (Å²) in [6.45, 7) is 6.19. The quantitative estimate of drug-likeness (QED) is 0.642. The summed E-state index contributed by atoms with van der Waals surface area (Å²) in [7, 11) is 0. The third kappa shape index (κ3) is 1.51. The van der Waals surface area contributed by atoms with Gasteiger partial charge in [0, 0.05) is 10.6 Å². The molecule has 1 aliphatic carbocycles. The molecule has 0 nitrogen and oxygen atoms in total. The van der Waals surface area contributed by atoms with E-state index in [1.165, 1.54) is 11.1 Å². The lowest BCUT2D eigenvalue weighted by molar-refractivity contribution is 1.13. The van der Waals surface area contributed by atoms with Crippen molar-refractivity contribution in [2.45, 2.75) is 19.8 Å². The zero-order valence-corrected chi connectivity index (χ0v) is 9.06. The maximum absolute atomic E-state index is 6.16. The molecule has 14 heavy (non-hydrogen) atoms. The van der Waals surface area contributed by atoms with E-state index in [-0.39, 0.29) is 0 Å². The Morgan fingerprint density at radius 2 is 2.14 bits per heavy atom. The summed E-state index contributed by atoms with van der Waals surface area (Å²) < 4.78 is 0. The van der Waals surface area contributed by atoms with Crippen molar-refractivity contribution >= 4 is 22.2 Å². The summed E-state index contributed by atoms with van der Waals surface area (Å²) in [4.78, 5) is 0. The minimum absolute atomic E-state index is 0.864. The first-order valence-corrected chi connectivity index (χ1v) is 5.27. The van der Waals surface area contributed by atoms with Gasteiger partial charge in [-0.05, 0) is 35.6 Å². The van der Waals surface area contributed by atoms with Crippen LogP contribution in [0.1, 0.15) is 30.0 Å². The van der Waals surface area contributed by atoms with Gasteiger partial charge in [-0.2, -0.15) is 0 Å². The lowest BCUT2D eigenvalue weighted by Crippen LogP contribution is -1.96. The Hall–Kier alpha value is -1.01. The molecule has 0 bridgehead atoms. The van der Waals surface area contributed by atoms with Crippen LogP contribution in [-0.4, -0.2) is 0 Å². The summed E-state index contributed by atoms with van der Waals surface area (Å²) >= 11 is 6.16. The average molecular weight is 205 g/mol. The van der Waals surface area contributed by atoms with Crippen molar-refractivity contribution in [3.8, 4) is 0 Å². The van der Waals surface area contributed by atoms with Crippen LogP contribution >= 0.6 is 11.6 Å². The van der Waals surface area contributed by atoms with Crippen LogP contribution in [0.2, 0.25) is 0 Å². The normalized spacial score (nSPS) is 15.0. The smallest absolute Gasteiger partial charge is 0.0448 e. The third-order valence-corrected chi connectivity index (χ3v) is 3.02. The van der Waals surface area contributed by atoms with Gasteiger partial charge in [-0.1, -0.05) is 43.3 Å². The van der Waals surface area contributed by atoms with E-state index >= 15 is 0 Å². The number of halogens is 1.